The molecule has 2 aromatic rings. The third kappa shape index (κ3) is 1.31. The number of furan rings is 1. The highest BCUT2D eigenvalue weighted by Gasteiger charge is 2.10. The average Bonchev–Trinajstić information content (AvgIpc) is 2.57. The summed E-state index contributed by atoms with van der Waals surface area (Å²) in [5, 5.41) is 10.7. The molecule has 2 rings (SSSR count). The van der Waals surface area contributed by atoms with Crippen molar-refractivity contribution in [3.05, 3.63) is 34.0 Å². The smallest absolute Gasteiger partial charge is 0.135 e. The van der Waals surface area contributed by atoms with Gasteiger partial charge in [-0.05, 0) is 37.1 Å². The van der Waals surface area contributed by atoms with E-state index in [0.717, 1.165) is 27.1 Å². The van der Waals surface area contributed by atoms with Gasteiger partial charge in [-0.3, -0.25) is 0 Å². The molecule has 1 aromatic heterocycles. The van der Waals surface area contributed by atoms with Gasteiger partial charge in [-0.2, -0.15) is 0 Å². The van der Waals surface area contributed by atoms with Crippen molar-refractivity contribution in [2.45, 2.75) is 20.5 Å². The van der Waals surface area contributed by atoms with Crippen molar-refractivity contribution in [2.75, 3.05) is 0 Å². The molecule has 0 unspecified atom stereocenters. The van der Waals surface area contributed by atoms with Crippen molar-refractivity contribution >= 4 is 22.6 Å². The van der Waals surface area contributed by atoms with E-state index in [4.69, 9.17) is 21.1 Å². The maximum atomic E-state index is 8.94. The van der Waals surface area contributed by atoms with E-state index in [2.05, 4.69) is 0 Å². The molecule has 14 heavy (non-hydrogen) atoms. The number of hydrogen-bond acceptors (Lipinski definition) is 2. The average molecular weight is 211 g/mol. The van der Waals surface area contributed by atoms with Gasteiger partial charge in [0.15, 0.2) is 0 Å². The maximum Gasteiger partial charge on any atom is 0.135 e. The monoisotopic (exact) mass is 210 g/mol. The standard InChI is InChI=1S/C11H11ClO2/c1-6-3-10-9(7(2)11(6)12)4-8(5-13)14-10/h3-4,13H,5H2,1-2H3. The van der Waals surface area contributed by atoms with Gasteiger partial charge in [-0.25, -0.2) is 0 Å². The van der Waals surface area contributed by atoms with Crippen molar-refractivity contribution in [1.29, 1.82) is 0 Å². The Morgan fingerprint density at radius 2 is 2.07 bits per heavy atom. The molecule has 2 nitrogen and oxygen atoms in total. The van der Waals surface area contributed by atoms with E-state index in [-0.39, 0.29) is 6.61 Å². The molecule has 0 amide bonds. The highest BCUT2D eigenvalue weighted by Crippen LogP contribution is 2.30. The molecule has 0 spiro atoms. The molecule has 0 bridgehead atoms. The Labute approximate surface area is 87.1 Å². The Hall–Kier alpha value is -0.990. The summed E-state index contributed by atoms with van der Waals surface area (Å²) in [7, 11) is 0. The quantitative estimate of drug-likeness (QED) is 0.784. The summed E-state index contributed by atoms with van der Waals surface area (Å²) >= 11 is 6.10. The van der Waals surface area contributed by atoms with Gasteiger partial charge in [0.05, 0.1) is 0 Å². The van der Waals surface area contributed by atoms with Crippen LogP contribution in [-0.4, -0.2) is 5.11 Å². The third-order valence-electron chi connectivity index (χ3n) is 2.39. The molecule has 0 aliphatic heterocycles. The van der Waals surface area contributed by atoms with Gasteiger partial charge >= 0.3 is 0 Å². The number of hydrogen-bond donors (Lipinski definition) is 1. The van der Waals surface area contributed by atoms with E-state index < -0.39 is 0 Å². The lowest BCUT2D eigenvalue weighted by Gasteiger charge is -2.02. The second-order valence-electron chi connectivity index (χ2n) is 3.42. The number of fused-ring (bicyclic) bond motifs is 1. The van der Waals surface area contributed by atoms with Gasteiger partial charge in [0, 0.05) is 10.4 Å². The second-order valence-corrected chi connectivity index (χ2v) is 3.79. The van der Waals surface area contributed by atoms with Crippen LogP contribution in [0.2, 0.25) is 5.02 Å². The second kappa shape index (κ2) is 3.30. The van der Waals surface area contributed by atoms with Crippen molar-refractivity contribution in [3.63, 3.8) is 0 Å². The van der Waals surface area contributed by atoms with Crippen molar-refractivity contribution in [1.82, 2.24) is 0 Å². The molecule has 0 aliphatic rings. The molecule has 0 saturated heterocycles. The first-order valence-electron chi connectivity index (χ1n) is 4.42. The number of benzene rings is 1. The number of aliphatic hydroxyl groups excluding tert-OH is 1. The van der Waals surface area contributed by atoms with Crippen LogP contribution in [0.15, 0.2) is 16.5 Å². The number of rotatable bonds is 1. The first-order chi connectivity index (χ1) is 6.63. The van der Waals surface area contributed by atoms with Gasteiger partial charge in [0.25, 0.3) is 0 Å². The molecule has 1 aromatic carbocycles. The number of aryl methyl sites for hydroxylation is 2. The minimum absolute atomic E-state index is 0.0786. The first-order valence-corrected chi connectivity index (χ1v) is 4.80. The minimum atomic E-state index is -0.0786. The summed E-state index contributed by atoms with van der Waals surface area (Å²) in [5.41, 5.74) is 2.79. The summed E-state index contributed by atoms with van der Waals surface area (Å²) in [6.45, 7) is 3.81. The number of aliphatic hydroxyl groups is 1. The van der Waals surface area contributed by atoms with Crippen LogP contribution in [0.5, 0.6) is 0 Å². The molecule has 0 atom stereocenters. The summed E-state index contributed by atoms with van der Waals surface area (Å²) in [5.74, 6) is 0.574. The van der Waals surface area contributed by atoms with Crippen LogP contribution in [0.3, 0.4) is 0 Å². The zero-order valence-electron chi connectivity index (χ0n) is 8.10. The van der Waals surface area contributed by atoms with Crippen LogP contribution in [0.4, 0.5) is 0 Å². The molecule has 0 radical (unpaired) electrons. The van der Waals surface area contributed by atoms with Crippen molar-refractivity contribution in [2.24, 2.45) is 0 Å². The summed E-state index contributed by atoms with van der Waals surface area (Å²) in [4.78, 5) is 0. The summed E-state index contributed by atoms with van der Waals surface area (Å²) in [6, 6.07) is 3.72. The molecular weight excluding hydrogens is 200 g/mol. The normalized spacial score (nSPS) is 11.1. The van der Waals surface area contributed by atoms with Crippen LogP contribution < -0.4 is 0 Å². The van der Waals surface area contributed by atoms with Crippen LogP contribution in [0.25, 0.3) is 11.0 Å². The Morgan fingerprint density at radius 1 is 1.36 bits per heavy atom. The van der Waals surface area contributed by atoms with Crippen LogP contribution in [0.1, 0.15) is 16.9 Å². The molecule has 1 N–H and O–H groups in total. The Kier molecular flexibility index (Phi) is 2.25. The molecular formula is C11H11ClO2. The molecule has 0 aliphatic carbocycles. The van der Waals surface area contributed by atoms with Crippen molar-refractivity contribution < 1.29 is 9.52 Å². The Morgan fingerprint density at radius 3 is 2.71 bits per heavy atom. The van der Waals surface area contributed by atoms with Gasteiger partial charge in [0.1, 0.15) is 18.0 Å². The highest BCUT2D eigenvalue weighted by molar-refractivity contribution is 6.33. The number of halogens is 1. The van der Waals surface area contributed by atoms with Gasteiger partial charge < -0.3 is 9.52 Å². The fourth-order valence-corrected chi connectivity index (χ4v) is 1.77. The molecule has 3 heteroatoms. The largest absolute Gasteiger partial charge is 0.459 e. The van der Waals surface area contributed by atoms with E-state index in [9.17, 15) is 0 Å². The van der Waals surface area contributed by atoms with E-state index >= 15 is 0 Å². The lowest BCUT2D eigenvalue weighted by molar-refractivity contribution is 0.251. The SMILES string of the molecule is Cc1cc2oc(CO)cc2c(C)c1Cl. The lowest BCUT2D eigenvalue weighted by Crippen LogP contribution is -1.81. The molecule has 0 fully saturated rings. The zero-order valence-corrected chi connectivity index (χ0v) is 8.85. The van der Waals surface area contributed by atoms with E-state index in [1.807, 2.05) is 26.0 Å². The molecule has 74 valence electrons. The predicted octanol–water partition coefficient (Wildman–Crippen LogP) is 3.20. The van der Waals surface area contributed by atoms with E-state index in [0.29, 0.717) is 5.76 Å². The zero-order chi connectivity index (χ0) is 10.3. The van der Waals surface area contributed by atoms with E-state index in [1.54, 1.807) is 0 Å². The summed E-state index contributed by atoms with van der Waals surface area (Å²) < 4.78 is 5.43. The van der Waals surface area contributed by atoms with Gasteiger partial charge in [-0.1, -0.05) is 11.6 Å². The topological polar surface area (TPSA) is 33.4 Å². The Balaban J connectivity index is 2.81. The Bertz CT molecular complexity index is 485. The van der Waals surface area contributed by atoms with Crippen molar-refractivity contribution in [3.8, 4) is 0 Å². The van der Waals surface area contributed by atoms with Crippen LogP contribution in [-0.2, 0) is 6.61 Å². The minimum Gasteiger partial charge on any atom is -0.459 e. The van der Waals surface area contributed by atoms with Crippen LogP contribution >= 0.6 is 11.6 Å². The first kappa shape index (κ1) is 9.56. The highest BCUT2D eigenvalue weighted by atomic mass is 35.5. The van der Waals surface area contributed by atoms with Gasteiger partial charge in [-0.15, -0.1) is 0 Å². The molecule has 1 heterocycles. The van der Waals surface area contributed by atoms with E-state index in [1.165, 1.54) is 0 Å². The third-order valence-corrected chi connectivity index (χ3v) is 2.98. The van der Waals surface area contributed by atoms with Gasteiger partial charge in [0.2, 0.25) is 0 Å². The fraction of sp³-hybridized carbons (Fsp3) is 0.273. The fourth-order valence-electron chi connectivity index (χ4n) is 1.61. The molecule has 0 saturated carbocycles. The van der Waals surface area contributed by atoms with Crippen LogP contribution in [0, 0.1) is 13.8 Å². The summed E-state index contributed by atoms with van der Waals surface area (Å²) in [6.07, 6.45) is 0. The predicted molar refractivity (Wildman–Crippen MR) is 56.6 cm³/mol. The maximum absolute atomic E-state index is 8.94. The lowest BCUT2D eigenvalue weighted by atomic mass is 10.1.